The second kappa shape index (κ2) is 10.1. The zero-order valence-corrected chi connectivity index (χ0v) is 22.0. The van der Waals surface area contributed by atoms with Gasteiger partial charge in [0.15, 0.2) is 5.60 Å². The van der Waals surface area contributed by atoms with Crippen LogP contribution in [0.25, 0.3) is 0 Å². The zero-order chi connectivity index (χ0) is 26.9. The van der Waals surface area contributed by atoms with Crippen molar-refractivity contribution < 1.29 is 28.5 Å². The van der Waals surface area contributed by atoms with E-state index in [1.54, 1.807) is 35.5 Å². The van der Waals surface area contributed by atoms with Crippen LogP contribution >= 0.6 is 0 Å². The summed E-state index contributed by atoms with van der Waals surface area (Å²) in [6, 6.07) is 19.0. The fourth-order valence-corrected chi connectivity index (χ4v) is 5.41. The first-order valence-corrected chi connectivity index (χ1v) is 12.2. The van der Waals surface area contributed by atoms with Gasteiger partial charge in [0.1, 0.15) is 40.9 Å². The zero-order valence-electron chi connectivity index (χ0n) is 22.0. The molecule has 0 fully saturated rings. The Morgan fingerprint density at radius 3 is 2.32 bits per heavy atom. The largest absolute Gasteiger partial charge is 0.497 e. The molecule has 8 heteroatoms. The standard InChI is InChI=1S/C30H30N2O6/c1-31-29(18-7-6-8-22(13-18)35-3)32-28-19(17-33)16-30(20-9-11-21(34-2)12-10-20)27(28)26-24(37-5)14-23(36-4)15-25(26)38-30/h6-15,17,27H,16H2,1-5H3,(H,31,32)/t27?,30-/m0/s1. The van der Waals surface area contributed by atoms with Crippen molar-refractivity contribution in [1.82, 2.24) is 5.32 Å². The first-order valence-electron chi connectivity index (χ1n) is 12.2. The third kappa shape index (κ3) is 4.02. The van der Waals surface area contributed by atoms with Gasteiger partial charge in [-0.1, -0.05) is 24.3 Å². The van der Waals surface area contributed by atoms with Gasteiger partial charge in [-0.2, -0.15) is 0 Å². The average molecular weight is 515 g/mol. The molecule has 3 aromatic rings. The van der Waals surface area contributed by atoms with Crippen LogP contribution in [0.3, 0.4) is 0 Å². The van der Waals surface area contributed by atoms with Crippen molar-refractivity contribution in [3.8, 4) is 28.7 Å². The molecule has 1 N–H and O–H groups in total. The number of methoxy groups -OCH3 is 4. The van der Waals surface area contributed by atoms with Crippen molar-refractivity contribution in [1.29, 1.82) is 0 Å². The van der Waals surface area contributed by atoms with Crippen LogP contribution in [0.15, 0.2) is 76.9 Å². The maximum atomic E-state index is 12.5. The monoisotopic (exact) mass is 514 g/mol. The van der Waals surface area contributed by atoms with Crippen LogP contribution in [0.2, 0.25) is 0 Å². The highest BCUT2D eigenvalue weighted by atomic mass is 16.5. The molecular weight excluding hydrogens is 484 g/mol. The third-order valence-electron chi connectivity index (χ3n) is 7.21. The Morgan fingerprint density at radius 1 is 0.947 bits per heavy atom. The molecule has 1 unspecified atom stereocenters. The lowest BCUT2D eigenvalue weighted by molar-refractivity contribution is -0.105. The van der Waals surface area contributed by atoms with E-state index >= 15 is 0 Å². The molecule has 0 aromatic heterocycles. The number of nitrogens with one attached hydrogen (secondary N) is 1. The van der Waals surface area contributed by atoms with Crippen LogP contribution in [-0.4, -0.2) is 47.6 Å². The van der Waals surface area contributed by atoms with Crippen LogP contribution in [0.1, 0.15) is 29.0 Å². The summed E-state index contributed by atoms with van der Waals surface area (Å²) in [6.45, 7) is 0. The van der Waals surface area contributed by atoms with Crippen molar-refractivity contribution in [2.24, 2.45) is 4.99 Å². The molecule has 38 heavy (non-hydrogen) atoms. The lowest BCUT2D eigenvalue weighted by atomic mass is 9.79. The number of rotatable bonds is 8. The number of aliphatic imine (C=N–C) groups is 1. The van der Waals surface area contributed by atoms with Crippen LogP contribution in [0.5, 0.6) is 28.7 Å². The van der Waals surface area contributed by atoms with Crippen LogP contribution in [0.4, 0.5) is 0 Å². The molecule has 3 aromatic carbocycles. The second-order valence-corrected chi connectivity index (χ2v) is 9.06. The summed E-state index contributed by atoms with van der Waals surface area (Å²) in [5, 5.41) is 3.49. The Kier molecular flexibility index (Phi) is 6.72. The first kappa shape index (κ1) is 25.2. The Bertz CT molecular complexity index is 1430. The molecule has 196 valence electrons. The highest BCUT2D eigenvalue weighted by molar-refractivity contribution is 6.01. The summed E-state index contributed by atoms with van der Waals surface area (Å²) >= 11 is 0. The Hall–Kier alpha value is -4.46. The summed E-state index contributed by atoms with van der Waals surface area (Å²) in [4.78, 5) is 17.0. The highest BCUT2D eigenvalue weighted by Gasteiger charge is 2.58. The van der Waals surface area contributed by atoms with E-state index < -0.39 is 5.60 Å². The molecule has 0 bridgehead atoms. The lowest BCUT2D eigenvalue weighted by Gasteiger charge is -2.31. The van der Waals surface area contributed by atoms with Gasteiger partial charge in [-0.05, 0) is 29.8 Å². The number of fused-ring (bicyclic) bond motifs is 3. The van der Waals surface area contributed by atoms with Crippen LogP contribution in [0, 0.1) is 0 Å². The van der Waals surface area contributed by atoms with Gasteiger partial charge in [0.2, 0.25) is 0 Å². The number of nitrogens with zero attached hydrogens (tertiary/aromatic N) is 1. The number of amidine groups is 1. The van der Waals surface area contributed by atoms with Crippen molar-refractivity contribution in [2.45, 2.75) is 17.9 Å². The summed E-state index contributed by atoms with van der Waals surface area (Å²) in [5.41, 5.74) is 2.99. The van der Waals surface area contributed by atoms with Crippen molar-refractivity contribution in [3.05, 3.63) is 88.6 Å². The van der Waals surface area contributed by atoms with E-state index in [9.17, 15) is 4.79 Å². The van der Waals surface area contributed by atoms with Gasteiger partial charge in [-0.25, -0.2) is 0 Å². The predicted molar refractivity (Wildman–Crippen MR) is 144 cm³/mol. The van der Waals surface area contributed by atoms with E-state index in [0.717, 1.165) is 28.7 Å². The van der Waals surface area contributed by atoms with Crippen molar-refractivity contribution >= 4 is 12.1 Å². The molecule has 0 spiro atoms. The first-order chi connectivity index (χ1) is 18.5. The smallest absolute Gasteiger partial charge is 0.151 e. The number of benzene rings is 3. The van der Waals surface area contributed by atoms with Crippen molar-refractivity contribution in [3.63, 3.8) is 0 Å². The minimum atomic E-state index is -0.889. The number of aldehydes is 1. The maximum Gasteiger partial charge on any atom is 0.151 e. The molecule has 1 heterocycles. The molecule has 0 saturated carbocycles. The van der Waals surface area contributed by atoms with E-state index in [0.29, 0.717) is 46.5 Å². The minimum Gasteiger partial charge on any atom is -0.497 e. The number of carbonyl (C=O) groups excluding carboxylic acids is 1. The highest BCUT2D eigenvalue weighted by Crippen LogP contribution is 2.63. The van der Waals surface area contributed by atoms with E-state index in [2.05, 4.69) is 10.3 Å². The molecular formula is C30H30N2O6. The van der Waals surface area contributed by atoms with Gasteiger partial charge in [0, 0.05) is 48.0 Å². The number of ether oxygens (including phenoxy) is 5. The van der Waals surface area contributed by atoms with Gasteiger partial charge >= 0.3 is 0 Å². The summed E-state index contributed by atoms with van der Waals surface area (Å²) in [7, 11) is 8.17. The molecule has 0 radical (unpaired) electrons. The van der Waals surface area contributed by atoms with Gasteiger partial charge < -0.3 is 29.0 Å². The molecule has 5 rings (SSSR count). The molecule has 2 aliphatic rings. The molecule has 1 aliphatic heterocycles. The van der Waals surface area contributed by atoms with Gasteiger partial charge in [0.25, 0.3) is 0 Å². The summed E-state index contributed by atoms with van der Waals surface area (Å²) < 4.78 is 28.9. The van der Waals surface area contributed by atoms with Gasteiger partial charge in [0.05, 0.1) is 34.4 Å². The molecule has 0 saturated heterocycles. The SMILES string of the molecule is CN=C(NC1=C(C=O)C[C@@]2(c3ccc(OC)cc3)Oc3cc(OC)cc(OC)c3C12)c1cccc(OC)c1. The Morgan fingerprint density at radius 2 is 1.68 bits per heavy atom. The van der Waals surface area contributed by atoms with Crippen LogP contribution < -0.4 is 29.0 Å². The van der Waals surface area contributed by atoms with Crippen LogP contribution in [-0.2, 0) is 10.4 Å². The van der Waals surface area contributed by atoms with E-state index in [1.165, 1.54) is 0 Å². The number of hydrogen-bond donors (Lipinski definition) is 1. The summed E-state index contributed by atoms with van der Waals surface area (Å²) in [5.74, 6) is 3.53. The quantitative estimate of drug-likeness (QED) is 0.267. The van der Waals surface area contributed by atoms with E-state index in [4.69, 9.17) is 23.7 Å². The maximum absolute atomic E-state index is 12.5. The molecule has 2 atom stereocenters. The van der Waals surface area contributed by atoms with Gasteiger partial charge in [-0.15, -0.1) is 0 Å². The number of hydrogen-bond acceptors (Lipinski definition) is 7. The number of carbonyl (C=O) groups is 1. The predicted octanol–water partition coefficient (Wildman–Crippen LogP) is 4.62. The second-order valence-electron chi connectivity index (χ2n) is 9.06. The van der Waals surface area contributed by atoms with Gasteiger partial charge in [-0.3, -0.25) is 9.79 Å². The average Bonchev–Trinajstić information content (AvgIpc) is 3.46. The molecule has 1 aliphatic carbocycles. The van der Waals surface area contributed by atoms with E-state index in [-0.39, 0.29) is 5.92 Å². The molecule has 8 nitrogen and oxygen atoms in total. The topological polar surface area (TPSA) is 87.6 Å². The van der Waals surface area contributed by atoms with E-state index in [1.807, 2.05) is 60.7 Å². The normalized spacial score (nSPS) is 19.8. The van der Waals surface area contributed by atoms with Crippen molar-refractivity contribution in [2.75, 3.05) is 35.5 Å². The minimum absolute atomic E-state index is 0.352. The fraction of sp³-hybridized carbons (Fsp3) is 0.267. The molecule has 0 amide bonds. The Balaban J connectivity index is 1.68. The summed E-state index contributed by atoms with van der Waals surface area (Å²) in [6.07, 6.45) is 1.24. The third-order valence-corrected chi connectivity index (χ3v) is 7.21. The lowest BCUT2D eigenvalue weighted by Crippen LogP contribution is -2.35. The fourth-order valence-electron chi connectivity index (χ4n) is 5.41. The Labute approximate surface area is 221 Å².